The molecule has 1 unspecified atom stereocenters. The highest BCUT2D eigenvalue weighted by molar-refractivity contribution is 5.76. The Bertz CT molecular complexity index is 203. The van der Waals surface area contributed by atoms with E-state index in [9.17, 15) is 4.79 Å². The molecule has 0 aliphatic heterocycles. The minimum absolute atomic E-state index is 0.144. The fourth-order valence-corrected chi connectivity index (χ4v) is 1.01. The second-order valence-corrected chi connectivity index (χ2v) is 4.74. The van der Waals surface area contributed by atoms with Gasteiger partial charge in [0, 0.05) is 40.2 Å². The molecule has 0 bridgehead atoms. The molecule has 0 heterocycles. The Kier molecular flexibility index (Phi) is 5.83. The molecule has 0 fully saturated rings. The zero-order valence-electron chi connectivity index (χ0n) is 10.8. The van der Waals surface area contributed by atoms with Crippen LogP contribution >= 0.6 is 0 Å². The second kappa shape index (κ2) is 6.08. The molecule has 4 nitrogen and oxygen atoms in total. The van der Waals surface area contributed by atoms with Crippen LogP contribution in [0.5, 0.6) is 0 Å². The van der Waals surface area contributed by atoms with E-state index in [2.05, 4.69) is 5.32 Å². The third kappa shape index (κ3) is 6.47. The standard InChI is InChI=1S/C11H24N2O2/c1-9(7-10(14)13(4)5)12-8-11(2,3)15-6/h9,12H,7-8H2,1-6H3. The van der Waals surface area contributed by atoms with Crippen molar-refractivity contribution in [2.24, 2.45) is 0 Å². The first-order valence-electron chi connectivity index (χ1n) is 5.27. The number of hydrogen-bond donors (Lipinski definition) is 1. The lowest BCUT2D eigenvalue weighted by molar-refractivity contribution is -0.129. The van der Waals surface area contributed by atoms with Gasteiger partial charge in [-0.2, -0.15) is 0 Å². The van der Waals surface area contributed by atoms with E-state index in [1.54, 1.807) is 26.1 Å². The summed E-state index contributed by atoms with van der Waals surface area (Å²) in [5.74, 6) is 0.144. The van der Waals surface area contributed by atoms with E-state index < -0.39 is 0 Å². The van der Waals surface area contributed by atoms with Crippen LogP contribution in [-0.2, 0) is 9.53 Å². The van der Waals surface area contributed by atoms with Crippen LogP contribution in [0.15, 0.2) is 0 Å². The molecule has 1 N–H and O–H groups in total. The molecule has 0 spiro atoms. The molecule has 0 aromatic rings. The summed E-state index contributed by atoms with van der Waals surface area (Å²) in [4.78, 5) is 13.0. The SMILES string of the molecule is COC(C)(C)CNC(C)CC(=O)N(C)C. The van der Waals surface area contributed by atoms with Gasteiger partial charge in [0.05, 0.1) is 5.60 Å². The fraction of sp³-hybridized carbons (Fsp3) is 0.909. The van der Waals surface area contributed by atoms with Crippen LogP contribution in [-0.4, -0.2) is 50.2 Å². The minimum Gasteiger partial charge on any atom is -0.377 e. The first-order chi connectivity index (χ1) is 6.78. The van der Waals surface area contributed by atoms with Gasteiger partial charge in [0.25, 0.3) is 0 Å². The highest BCUT2D eigenvalue weighted by Crippen LogP contribution is 2.06. The van der Waals surface area contributed by atoms with Gasteiger partial charge in [-0.3, -0.25) is 4.79 Å². The van der Waals surface area contributed by atoms with Crippen LogP contribution in [0.1, 0.15) is 27.2 Å². The van der Waals surface area contributed by atoms with Gasteiger partial charge in [-0.25, -0.2) is 0 Å². The van der Waals surface area contributed by atoms with Crippen LogP contribution in [0.2, 0.25) is 0 Å². The average molecular weight is 216 g/mol. The predicted molar refractivity (Wildman–Crippen MR) is 61.9 cm³/mol. The maximum Gasteiger partial charge on any atom is 0.223 e. The van der Waals surface area contributed by atoms with Crippen LogP contribution in [0.25, 0.3) is 0 Å². The largest absolute Gasteiger partial charge is 0.377 e. The molecule has 1 atom stereocenters. The maximum atomic E-state index is 11.4. The Morgan fingerprint density at radius 1 is 1.47 bits per heavy atom. The summed E-state index contributed by atoms with van der Waals surface area (Å²) < 4.78 is 5.28. The van der Waals surface area contributed by atoms with E-state index in [0.717, 1.165) is 6.54 Å². The smallest absolute Gasteiger partial charge is 0.223 e. The molecule has 15 heavy (non-hydrogen) atoms. The molecule has 0 radical (unpaired) electrons. The normalized spacial score (nSPS) is 13.7. The topological polar surface area (TPSA) is 41.6 Å². The Labute approximate surface area is 93.0 Å². The summed E-state index contributed by atoms with van der Waals surface area (Å²) in [6.45, 7) is 6.78. The Hall–Kier alpha value is -0.610. The monoisotopic (exact) mass is 216 g/mol. The summed E-state index contributed by atoms with van der Waals surface area (Å²) in [7, 11) is 5.24. The van der Waals surface area contributed by atoms with Gasteiger partial charge in [-0.15, -0.1) is 0 Å². The van der Waals surface area contributed by atoms with Gasteiger partial charge < -0.3 is 15.0 Å². The van der Waals surface area contributed by atoms with Crippen molar-refractivity contribution in [1.82, 2.24) is 10.2 Å². The first kappa shape index (κ1) is 14.4. The van der Waals surface area contributed by atoms with Crippen molar-refractivity contribution in [3.05, 3.63) is 0 Å². The number of carbonyl (C=O) groups is 1. The van der Waals surface area contributed by atoms with Gasteiger partial charge >= 0.3 is 0 Å². The molecular weight excluding hydrogens is 192 g/mol. The van der Waals surface area contributed by atoms with Gasteiger partial charge in [-0.1, -0.05) is 0 Å². The fourth-order valence-electron chi connectivity index (χ4n) is 1.01. The number of ether oxygens (including phenoxy) is 1. The zero-order chi connectivity index (χ0) is 12.1. The highest BCUT2D eigenvalue weighted by Gasteiger charge is 2.18. The van der Waals surface area contributed by atoms with Crippen molar-refractivity contribution < 1.29 is 9.53 Å². The van der Waals surface area contributed by atoms with E-state index in [4.69, 9.17) is 4.74 Å². The number of methoxy groups -OCH3 is 1. The number of nitrogens with one attached hydrogen (secondary N) is 1. The molecule has 4 heteroatoms. The van der Waals surface area contributed by atoms with E-state index in [1.807, 2.05) is 20.8 Å². The Morgan fingerprint density at radius 2 is 2.00 bits per heavy atom. The predicted octanol–water partition coefficient (Wildman–Crippen LogP) is 0.868. The van der Waals surface area contributed by atoms with Gasteiger partial charge in [0.2, 0.25) is 5.91 Å². The van der Waals surface area contributed by atoms with Crippen molar-refractivity contribution in [2.75, 3.05) is 27.7 Å². The molecule has 1 amide bonds. The van der Waals surface area contributed by atoms with Crippen LogP contribution in [0, 0.1) is 0 Å². The molecule has 0 saturated heterocycles. The zero-order valence-corrected chi connectivity index (χ0v) is 10.8. The molecule has 0 aromatic carbocycles. The van der Waals surface area contributed by atoms with Crippen LogP contribution < -0.4 is 5.32 Å². The molecule has 0 aromatic heterocycles. The van der Waals surface area contributed by atoms with Crippen molar-refractivity contribution in [1.29, 1.82) is 0 Å². The Balaban J connectivity index is 3.85. The molecule has 0 aliphatic carbocycles. The number of rotatable bonds is 6. The van der Waals surface area contributed by atoms with E-state index in [-0.39, 0.29) is 17.6 Å². The lowest BCUT2D eigenvalue weighted by Crippen LogP contribution is -2.42. The second-order valence-electron chi connectivity index (χ2n) is 4.74. The lowest BCUT2D eigenvalue weighted by Gasteiger charge is -2.26. The third-order valence-corrected chi connectivity index (χ3v) is 2.41. The molecule has 90 valence electrons. The van der Waals surface area contributed by atoms with Gasteiger partial charge in [-0.05, 0) is 20.8 Å². The number of hydrogen-bond acceptors (Lipinski definition) is 3. The summed E-state index contributed by atoms with van der Waals surface area (Å²) in [6, 6.07) is 0.175. The quantitative estimate of drug-likeness (QED) is 0.716. The van der Waals surface area contributed by atoms with E-state index in [0.29, 0.717) is 6.42 Å². The van der Waals surface area contributed by atoms with E-state index >= 15 is 0 Å². The lowest BCUT2D eigenvalue weighted by atomic mass is 10.1. The summed E-state index contributed by atoms with van der Waals surface area (Å²) in [5, 5.41) is 3.29. The van der Waals surface area contributed by atoms with Crippen molar-refractivity contribution >= 4 is 5.91 Å². The maximum absolute atomic E-state index is 11.4. The first-order valence-corrected chi connectivity index (χ1v) is 5.27. The van der Waals surface area contributed by atoms with Crippen molar-refractivity contribution in [3.8, 4) is 0 Å². The van der Waals surface area contributed by atoms with Crippen molar-refractivity contribution in [3.63, 3.8) is 0 Å². The average Bonchev–Trinajstić information content (AvgIpc) is 2.15. The summed E-state index contributed by atoms with van der Waals surface area (Å²) in [5.41, 5.74) is -0.185. The summed E-state index contributed by atoms with van der Waals surface area (Å²) in [6.07, 6.45) is 0.521. The molecule has 0 aliphatic rings. The van der Waals surface area contributed by atoms with E-state index in [1.165, 1.54) is 0 Å². The number of carbonyl (C=O) groups excluding carboxylic acids is 1. The van der Waals surface area contributed by atoms with Gasteiger partial charge in [0.15, 0.2) is 0 Å². The highest BCUT2D eigenvalue weighted by atomic mass is 16.5. The van der Waals surface area contributed by atoms with Gasteiger partial charge in [0.1, 0.15) is 0 Å². The van der Waals surface area contributed by atoms with Crippen molar-refractivity contribution in [2.45, 2.75) is 38.8 Å². The molecular formula is C11H24N2O2. The van der Waals surface area contributed by atoms with Crippen LogP contribution in [0.3, 0.4) is 0 Å². The summed E-state index contributed by atoms with van der Waals surface area (Å²) >= 11 is 0. The molecule has 0 saturated carbocycles. The Morgan fingerprint density at radius 3 is 2.40 bits per heavy atom. The molecule has 0 rings (SSSR count). The van der Waals surface area contributed by atoms with Crippen LogP contribution in [0.4, 0.5) is 0 Å². The number of amides is 1. The third-order valence-electron chi connectivity index (χ3n) is 2.41. The number of nitrogens with zero attached hydrogens (tertiary/aromatic N) is 1. The minimum atomic E-state index is -0.185.